The van der Waals surface area contributed by atoms with Gasteiger partial charge in [-0.1, -0.05) is 17.7 Å². The zero-order valence-corrected chi connectivity index (χ0v) is 10.2. The van der Waals surface area contributed by atoms with Crippen molar-refractivity contribution < 1.29 is 4.79 Å². The summed E-state index contributed by atoms with van der Waals surface area (Å²) in [6.07, 6.45) is 0. The van der Waals surface area contributed by atoms with E-state index in [2.05, 4.69) is 5.32 Å². The third kappa shape index (κ3) is 2.74. The summed E-state index contributed by atoms with van der Waals surface area (Å²) >= 11 is 5.94. The summed E-state index contributed by atoms with van der Waals surface area (Å²) in [6, 6.07) is 7.28. The van der Waals surface area contributed by atoms with Crippen LogP contribution in [-0.2, 0) is 4.79 Å². The first-order valence-corrected chi connectivity index (χ1v) is 5.23. The fraction of sp³-hybridized carbons (Fsp3) is 0.333. The highest BCUT2D eigenvalue weighted by molar-refractivity contribution is 6.33. The fourth-order valence-corrected chi connectivity index (χ4v) is 1.23. The van der Waals surface area contributed by atoms with E-state index in [1.807, 2.05) is 19.1 Å². The van der Waals surface area contributed by atoms with Crippen LogP contribution in [0.4, 0.5) is 5.69 Å². The van der Waals surface area contributed by atoms with Gasteiger partial charge in [-0.15, -0.1) is 0 Å². The molecule has 0 fully saturated rings. The van der Waals surface area contributed by atoms with Crippen molar-refractivity contribution in [1.82, 2.24) is 0 Å². The number of nitrogens with zero attached hydrogens (tertiary/aromatic N) is 1. The Morgan fingerprint density at radius 3 is 2.69 bits per heavy atom. The molecule has 0 spiro atoms. The van der Waals surface area contributed by atoms with Crippen LogP contribution in [0.2, 0.25) is 5.02 Å². The first-order valence-electron chi connectivity index (χ1n) is 4.85. The Balaban J connectivity index is 2.94. The number of nitrogens with one attached hydrogen (secondary N) is 1. The number of carbonyl (C=O) groups is 1. The van der Waals surface area contributed by atoms with Crippen molar-refractivity contribution in [3.8, 4) is 6.07 Å². The van der Waals surface area contributed by atoms with Gasteiger partial charge in [0.25, 0.3) is 0 Å². The molecule has 0 saturated heterocycles. The van der Waals surface area contributed by atoms with Gasteiger partial charge in [0.05, 0.1) is 16.8 Å². The lowest BCUT2D eigenvalue weighted by Gasteiger charge is -2.16. The highest BCUT2D eigenvalue weighted by Gasteiger charge is 2.27. The van der Waals surface area contributed by atoms with Crippen molar-refractivity contribution in [2.75, 3.05) is 5.32 Å². The van der Waals surface area contributed by atoms with E-state index in [9.17, 15) is 4.79 Å². The lowest BCUT2D eigenvalue weighted by molar-refractivity contribution is -0.121. The maximum absolute atomic E-state index is 11.7. The number of amides is 1. The van der Waals surface area contributed by atoms with Crippen molar-refractivity contribution in [3.05, 3.63) is 28.8 Å². The number of hydrogen-bond donors (Lipinski definition) is 1. The smallest absolute Gasteiger partial charge is 0.244 e. The van der Waals surface area contributed by atoms with E-state index in [1.165, 1.54) is 0 Å². The van der Waals surface area contributed by atoms with Crippen LogP contribution < -0.4 is 5.32 Å². The number of anilines is 1. The molecule has 1 aromatic rings. The highest BCUT2D eigenvalue weighted by atomic mass is 35.5. The van der Waals surface area contributed by atoms with Crippen LogP contribution in [0.1, 0.15) is 19.4 Å². The Kier molecular flexibility index (Phi) is 3.56. The summed E-state index contributed by atoms with van der Waals surface area (Å²) in [4.78, 5) is 11.7. The molecule has 0 atom stereocenters. The van der Waals surface area contributed by atoms with Crippen LogP contribution in [0.15, 0.2) is 18.2 Å². The minimum absolute atomic E-state index is 0.359. The average Bonchev–Trinajstić information content (AvgIpc) is 2.23. The summed E-state index contributed by atoms with van der Waals surface area (Å²) < 4.78 is 0. The zero-order chi connectivity index (χ0) is 12.3. The molecule has 1 amide bonds. The monoisotopic (exact) mass is 236 g/mol. The molecule has 0 bridgehead atoms. The Labute approximate surface area is 100 Å². The fourth-order valence-electron chi connectivity index (χ4n) is 1.06. The molecule has 0 aliphatic heterocycles. The lowest BCUT2D eigenvalue weighted by atomic mass is 9.94. The summed E-state index contributed by atoms with van der Waals surface area (Å²) in [5.41, 5.74) is 0.469. The Morgan fingerprint density at radius 2 is 2.12 bits per heavy atom. The van der Waals surface area contributed by atoms with Gasteiger partial charge < -0.3 is 5.32 Å². The van der Waals surface area contributed by atoms with Crippen LogP contribution in [0.25, 0.3) is 0 Å². The van der Waals surface area contributed by atoms with Crippen LogP contribution in [0.3, 0.4) is 0 Å². The van der Waals surface area contributed by atoms with Gasteiger partial charge in [-0.2, -0.15) is 5.26 Å². The van der Waals surface area contributed by atoms with Crippen molar-refractivity contribution in [1.29, 1.82) is 5.26 Å². The Bertz CT molecular complexity index is 461. The largest absolute Gasteiger partial charge is 0.323 e. The van der Waals surface area contributed by atoms with E-state index in [0.29, 0.717) is 10.7 Å². The molecule has 0 unspecified atom stereocenters. The Morgan fingerprint density at radius 1 is 1.50 bits per heavy atom. The third-order valence-corrected chi connectivity index (χ3v) is 2.55. The minimum Gasteiger partial charge on any atom is -0.323 e. The molecule has 0 radical (unpaired) electrons. The SMILES string of the molecule is Cc1ccc(Cl)c(NC(=O)C(C)(C)C#N)c1. The average molecular weight is 237 g/mol. The molecule has 3 nitrogen and oxygen atoms in total. The van der Waals surface area contributed by atoms with Crippen molar-refractivity contribution in [3.63, 3.8) is 0 Å². The maximum Gasteiger partial charge on any atom is 0.244 e. The van der Waals surface area contributed by atoms with Crippen molar-refractivity contribution in [2.24, 2.45) is 5.41 Å². The number of benzene rings is 1. The number of hydrogen-bond acceptors (Lipinski definition) is 2. The molecule has 1 aromatic carbocycles. The zero-order valence-electron chi connectivity index (χ0n) is 9.47. The number of halogens is 1. The third-order valence-electron chi connectivity index (χ3n) is 2.22. The molecule has 0 aromatic heterocycles. The van der Waals surface area contributed by atoms with Crippen molar-refractivity contribution >= 4 is 23.2 Å². The van der Waals surface area contributed by atoms with Gasteiger partial charge in [0.1, 0.15) is 5.41 Å². The number of carbonyl (C=O) groups excluding carboxylic acids is 1. The van der Waals surface area contributed by atoms with Gasteiger partial charge in [0.15, 0.2) is 0 Å². The molecule has 16 heavy (non-hydrogen) atoms. The lowest BCUT2D eigenvalue weighted by Crippen LogP contribution is -2.29. The van der Waals surface area contributed by atoms with E-state index < -0.39 is 5.41 Å². The molecule has 4 heteroatoms. The van der Waals surface area contributed by atoms with Gasteiger partial charge in [-0.25, -0.2) is 0 Å². The maximum atomic E-state index is 11.7. The predicted molar refractivity (Wildman–Crippen MR) is 64.2 cm³/mol. The van der Waals surface area contributed by atoms with E-state index in [4.69, 9.17) is 16.9 Å². The van der Waals surface area contributed by atoms with Crippen LogP contribution in [0.5, 0.6) is 0 Å². The quantitative estimate of drug-likeness (QED) is 0.858. The first-order chi connectivity index (χ1) is 7.36. The van der Waals surface area contributed by atoms with Gasteiger partial charge >= 0.3 is 0 Å². The predicted octanol–water partition coefficient (Wildman–Crippen LogP) is 3.14. The second-order valence-corrected chi connectivity index (χ2v) is 4.58. The van der Waals surface area contributed by atoms with E-state index in [0.717, 1.165) is 5.56 Å². The number of nitriles is 1. The van der Waals surface area contributed by atoms with Gasteiger partial charge in [0, 0.05) is 0 Å². The first kappa shape index (κ1) is 12.5. The van der Waals surface area contributed by atoms with Crippen LogP contribution in [0, 0.1) is 23.7 Å². The van der Waals surface area contributed by atoms with E-state index in [-0.39, 0.29) is 5.91 Å². The summed E-state index contributed by atoms with van der Waals surface area (Å²) in [6.45, 7) is 5.03. The molecule has 1 N–H and O–H groups in total. The second-order valence-electron chi connectivity index (χ2n) is 4.17. The number of aryl methyl sites for hydroxylation is 1. The summed E-state index contributed by atoms with van der Waals surface area (Å²) in [5.74, 6) is -0.359. The van der Waals surface area contributed by atoms with Gasteiger partial charge in [-0.05, 0) is 38.5 Å². The Hall–Kier alpha value is -1.53. The normalized spacial score (nSPS) is 10.7. The molecule has 0 aliphatic carbocycles. The highest BCUT2D eigenvalue weighted by Crippen LogP contribution is 2.25. The summed E-state index contributed by atoms with van der Waals surface area (Å²) in [5, 5.41) is 11.9. The molecule has 0 saturated carbocycles. The van der Waals surface area contributed by atoms with Crippen LogP contribution in [-0.4, -0.2) is 5.91 Å². The van der Waals surface area contributed by atoms with E-state index in [1.54, 1.807) is 26.0 Å². The minimum atomic E-state index is -1.06. The molecule has 1 rings (SSSR count). The van der Waals surface area contributed by atoms with Crippen molar-refractivity contribution in [2.45, 2.75) is 20.8 Å². The number of rotatable bonds is 2. The topological polar surface area (TPSA) is 52.9 Å². The van der Waals surface area contributed by atoms with Gasteiger partial charge in [-0.3, -0.25) is 4.79 Å². The standard InChI is InChI=1S/C12H13ClN2O/c1-8-4-5-9(13)10(6-8)15-11(16)12(2,3)7-14/h4-6H,1-3H3,(H,15,16). The molecular weight excluding hydrogens is 224 g/mol. The van der Waals surface area contributed by atoms with Crippen LogP contribution >= 0.6 is 11.6 Å². The molecular formula is C12H13ClN2O. The second kappa shape index (κ2) is 4.54. The molecule has 0 heterocycles. The molecule has 84 valence electrons. The van der Waals surface area contributed by atoms with E-state index >= 15 is 0 Å². The molecule has 0 aliphatic rings. The van der Waals surface area contributed by atoms with Gasteiger partial charge in [0.2, 0.25) is 5.91 Å². The summed E-state index contributed by atoms with van der Waals surface area (Å²) in [7, 11) is 0.